The lowest BCUT2D eigenvalue weighted by Crippen LogP contribution is -2.51. The van der Waals surface area contributed by atoms with E-state index < -0.39 is 17.3 Å². The number of hydrogen-bond acceptors (Lipinski definition) is 2. The zero-order valence-electron chi connectivity index (χ0n) is 11.8. The number of hydrogen-bond donors (Lipinski definition) is 2. The molecule has 2 rings (SSSR count). The Morgan fingerprint density at radius 1 is 1.38 bits per heavy atom. The quantitative estimate of drug-likeness (QED) is 0.877. The molecule has 0 bridgehead atoms. The summed E-state index contributed by atoms with van der Waals surface area (Å²) in [6.45, 7) is 1.82. The van der Waals surface area contributed by atoms with Crippen molar-refractivity contribution in [3.8, 4) is 0 Å². The van der Waals surface area contributed by atoms with Crippen LogP contribution in [0.25, 0.3) is 0 Å². The van der Waals surface area contributed by atoms with E-state index in [1.807, 2.05) is 6.92 Å². The lowest BCUT2D eigenvalue weighted by atomic mass is 9.74. The summed E-state index contributed by atoms with van der Waals surface area (Å²) in [6.07, 6.45) is -1.13. The van der Waals surface area contributed by atoms with Gasteiger partial charge in [-0.15, -0.1) is 0 Å². The monoisotopic (exact) mass is 300 g/mol. The van der Waals surface area contributed by atoms with Crippen molar-refractivity contribution in [3.05, 3.63) is 29.8 Å². The fraction of sp³-hybridized carbons (Fsp3) is 0.533. The smallest absolute Gasteiger partial charge is 0.326 e. The Balaban J connectivity index is 2.13. The SMILES string of the molecule is CC1(N)CCCCC1C(=O)Nc1cccc(C(F)(F)F)c1. The summed E-state index contributed by atoms with van der Waals surface area (Å²) in [5.41, 5.74) is 4.90. The number of carbonyl (C=O) groups excluding carboxylic acids is 1. The van der Waals surface area contributed by atoms with Gasteiger partial charge in [-0.3, -0.25) is 4.79 Å². The van der Waals surface area contributed by atoms with Crippen LogP contribution in [0.2, 0.25) is 0 Å². The maximum Gasteiger partial charge on any atom is 0.416 e. The Morgan fingerprint density at radius 2 is 2.10 bits per heavy atom. The van der Waals surface area contributed by atoms with Gasteiger partial charge in [0.2, 0.25) is 5.91 Å². The number of halogens is 3. The number of amides is 1. The van der Waals surface area contributed by atoms with Crippen molar-refractivity contribution in [2.75, 3.05) is 5.32 Å². The molecule has 1 aromatic rings. The topological polar surface area (TPSA) is 55.1 Å². The molecule has 0 aromatic heterocycles. The maximum absolute atomic E-state index is 12.7. The Morgan fingerprint density at radius 3 is 2.71 bits per heavy atom. The molecule has 0 saturated heterocycles. The number of benzene rings is 1. The minimum absolute atomic E-state index is 0.149. The largest absolute Gasteiger partial charge is 0.416 e. The zero-order chi connectivity index (χ0) is 15.7. The summed E-state index contributed by atoms with van der Waals surface area (Å²) >= 11 is 0. The maximum atomic E-state index is 12.7. The van der Waals surface area contributed by atoms with E-state index in [1.165, 1.54) is 12.1 Å². The highest BCUT2D eigenvalue weighted by atomic mass is 19.4. The lowest BCUT2D eigenvalue weighted by molar-refractivity contribution is -0.137. The van der Waals surface area contributed by atoms with E-state index in [0.717, 1.165) is 31.4 Å². The molecule has 0 radical (unpaired) electrons. The first-order valence-corrected chi connectivity index (χ1v) is 6.97. The van der Waals surface area contributed by atoms with Crippen LogP contribution in [0, 0.1) is 5.92 Å². The third kappa shape index (κ3) is 3.75. The Kier molecular flexibility index (Phi) is 4.27. The number of carbonyl (C=O) groups is 1. The highest BCUT2D eigenvalue weighted by Crippen LogP contribution is 2.33. The van der Waals surface area contributed by atoms with Gasteiger partial charge < -0.3 is 11.1 Å². The van der Waals surface area contributed by atoms with Crippen molar-refractivity contribution in [1.29, 1.82) is 0 Å². The number of alkyl halides is 3. The predicted octanol–water partition coefficient (Wildman–Crippen LogP) is 3.55. The highest BCUT2D eigenvalue weighted by Gasteiger charge is 2.38. The third-order valence-corrected chi connectivity index (χ3v) is 4.03. The van der Waals surface area contributed by atoms with Crippen LogP contribution in [0.5, 0.6) is 0 Å². The molecule has 116 valence electrons. The van der Waals surface area contributed by atoms with Crippen LogP contribution in [0.1, 0.15) is 38.2 Å². The molecule has 1 aliphatic carbocycles. The zero-order valence-corrected chi connectivity index (χ0v) is 11.8. The summed E-state index contributed by atoms with van der Waals surface area (Å²) < 4.78 is 38.0. The first kappa shape index (κ1) is 15.8. The van der Waals surface area contributed by atoms with E-state index in [9.17, 15) is 18.0 Å². The normalized spacial score (nSPS) is 26.4. The molecule has 1 aliphatic rings. The van der Waals surface area contributed by atoms with Crippen LogP contribution < -0.4 is 11.1 Å². The van der Waals surface area contributed by atoms with Crippen molar-refractivity contribution in [1.82, 2.24) is 0 Å². The Hall–Kier alpha value is -1.56. The van der Waals surface area contributed by atoms with Crippen molar-refractivity contribution in [3.63, 3.8) is 0 Å². The summed E-state index contributed by atoms with van der Waals surface area (Å²) in [5.74, 6) is -0.681. The Labute approximate surface area is 121 Å². The standard InChI is InChI=1S/C15H19F3N2O/c1-14(19)8-3-2-7-12(14)13(21)20-11-6-4-5-10(9-11)15(16,17)18/h4-6,9,12H,2-3,7-8,19H2,1H3,(H,20,21). The van der Waals surface area contributed by atoms with Gasteiger partial charge in [0.25, 0.3) is 0 Å². The molecule has 2 atom stereocenters. The molecule has 1 aromatic carbocycles. The average molecular weight is 300 g/mol. The lowest BCUT2D eigenvalue weighted by Gasteiger charge is -2.37. The number of nitrogens with two attached hydrogens (primary N) is 1. The molecule has 0 heterocycles. The Bertz CT molecular complexity index is 526. The van der Waals surface area contributed by atoms with Crippen LogP contribution in [-0.2, 0) is 11.0 Å². The minimum atomic E-state index is -4.42. The second-order valence-electron chi connectivity index (χ2n) is 5.87. The number of rotatable bonds is 2. The summed E-state index contributed by atoms with van der Waals surface area (Å²) in [6, 6.07) is 4.64. The van der Waals surface area contributed by atoms with Gasteiger partial charge in [-0.2, -0.15) is 13.2 Å². The van der Waals surface area contributed by atoms with Crippen molar-refractivity contribution < 1.29 is 18.0 Å². The number of anilines is 1. The van der Waals surface area contributed by atoms with Gasteiger partial charge in [0.05, 0.1) is 11.5 Å². The van der Waals surface area contributed by atoms with Crippen LogP contribution in [-0.4, -0.2) is 11.4 Å². The van der Waals surface area contributed by atoms with Gasteiger partial charge >= 0.3 is 6.18 Å². The molecule has 0 aliphatic heterocycles. The van der Waals surface area contributed by atoms with E-state index in [2.05, 4.69) is 5.32 Å². The fourth-order valence-corrected chi connectivity index (χ4v) is 2.79. The number of nitrogens with one attached hydrogen (secondary N) is 1. The third-order valence-electron chi connectivity index (χ3n) is 4.03. The molecular formula is C15H19F3N2O. The van der Waals surface area contributed by atoms with Gasteiger partial charge in [-0.25, -0.2) is 0 Å². The molecule has 0 spiro atoms. The molecule has 1 fully saturated rings. The van der Waals surface area contributed by atoms with Crippen molar-refractivity contribution in [2.45, 2.75) is 44.3 Å². The van der Waals surface area contributed by atoms with Crippen LogP contribution in [0.4, 0.5) is 18.9 Å². The second-order valence-corrected chi connectivity index (χ2v) is 5.87. The molecule has 21 heavy (non-hydrogen) atoms. The van der Waals surface area contributed by atoms with Crippen molar-refractivity contribution >= 4 is 11.6 Å². The van der Waals surface area contributed by atoms with E-state index in [-0.39, 0.29) is 17.5 Å². The van der Waals surface area contributed by atoms with E-state index >= 15 is 0 Å². The van der Waals surface area contributed by atoms with E-state index in [0.29, 0.717) is 6.42 Å². The van der Waals surface area contributed by atoms with Gasteiger partial charge in [0, 0.05) is 11.2 Å². The van der Waals surface area contributed by atoms with Gasteiger partial charge in [0.1, 0.15) is 0 Å². The molecule has 1 amide bonds. The van der Waals surface area contributed by atoms with E-state index in [1.54, 1.807) is 0 Å². The fourth-order valence-electron chi connectivity index (χ4n) is 2.79. The summed E-state index contributed by atoms with van der Waals surface area (Å²) in [5, 5.41) is 2.56. The predicted molar refractivity (Wildman–Crippen MR) is 74.6 cm³/mol. The molecule has 1 saturated carbocycles. The molecule has 3 nitrogen and oxygen atoms in total. The summed E-state index contributed by atoms with van der Waals surface area (Å²) in [4.78, 5) is 12.3. The van der Waals surface area contributed by atoms with Gasteiger partial charge in [-0.1, -0.05) is 18.9 Å². The first-order valence-electron chi connectivity index (χ1n) is 6.97. The first-order chi connectivity index (χ1) is 9.70. The van der Waals surface area contributed by atoms with Crippen LogP contribution in [0.15, 0.2) is 24.3 Å². The van der Waals surface area contributed by atoms with Crippen molar-refractivity contribution in [2.24, 2.45) is 11.7 Å². The molecule has 6 heteroatoms. The molecule has 2 unspecified atom stereocenters. The van der Waals surface area contributed by atoms with Gasteiger partial charge in [-0.05, 0) is 38.0 Å². The second kappa shape index (κ2) is 5.67. The minimum Gasteiger partial charge on any atom is -0.326 e. The van der Waals surface area contributed by atoms with E-state index in [4.69, 9.17) is 5.73 Å². The molecular weight excluding hydrogens is 281 g/mol. The average Bonchev–Trinajstić information content (AvgIpc) is 2.37. The van der Waals surface area contributed by atoms with Crippen LogP contribution in [0.3, 0.4) is 0 Å². The highest BCUT2D eigenvalue weighted by molar-refractivity contribution is 5.93. The molecule has 3 N–H and O–H groups in total. The summed E-state index contributed by atoms with van der Waals surface area (Å²) in [7, 11) is 0. The van der Waals surface area contributed by atoms with Gasteiger partial charge in [0.15, 0.2) is 0 Å². The van der Waals surface area contributed by atoms with Crippen LogP contribution >= 0.6 is 0 Å².